The van der Waals surface area contributed by atoms with Crippen LogP contribution in [0, 0.1) is 0 Å². The average molecular weight is 456 g/mol. The van der Waals surface area contributed by atoms with Gasteiger partial charge in [-0.05, 0) is 25.3 Å². The Morgan fingerprint density at radius 1 is 1.09 bits per heavy atom. The number of thiophene rings is 1. The maximum atomic E-state index is 13.5. The number of aryl methyl sites for hydroxylation is 1. The van der Waals surface area contributed by atoms with Crippen molar-refractivity contribution in [1.82, 2.24) is 14.4 Å². The molecule has 32 heavy (non-hydrogen) atoms. The van der Waals surface area contributed by atoms with E-state index in [0.717, 1.165) is 80.8 Å². The lowest BCUT2D eigenvalue weighted by molar-refractivity contribution is 0.0323. The van der Waals surface area contributed by atoms with E-state index in [1.807, 2.05) is 29.2 Å². The number of hydrogen-bond acceptors (Lipinski definition) is 6. The van der Waals surface area contributed by atoms with Crippen LogP contribution < -0.4 is 10.3 Å². The van der Waals surface area contributed by atoms with Gasteiger partial charge in [-0.25, -0.2) is 0 Å². The Morgan fingerprint density at radius 2 is 1.84 bits per heavy atom. The number of pyridine rings is 1. The molecular formula is C24H29N3O4S. The summed E-state index contributed by atoms with van der Waals surface area (Å²) in [5, 5.41) is 1.50. The molecule has 2 aliphatic heterocycles. The minimum Gasteiger partial charge on any atom is -0.490 e. The van der Waals surface area contributed by atoms with E-state index in [2.05, 4.69) is 4.90 Å². The molecule has 0 N–H and O–H groups in total. The number of para-hydroxylation sites is 1. The van der Waals surface area contributed by atoms with Gasteiger partial charge in [-0.15, -0.1) is 11.3 Å². The molecule has 1 amide bonds. The largest absolute Gasteiger partial charge is 0.490 e. The monoisotopic (exact) mass is 455 g/mol. The minimum atomic E-state index is -0.117. The van der Waals surface area contributed by atoms with Crippen LogP contribution in [-0.2, 0) is 11.8 Å². The Bertz CT molecular complexity index is 1190. The summed E-state index contributed by atoms with van der Waals surface area (Å²) in [7, 11) is 1.78. The smallest absolute Gasteiger partial charge is 0.267 e. The summed E-state index contributed by atoms with van der Waals surface area (Å²) >= 11 is 1.40. The quantitative estimate of drug-likeness (QED) is 0.592. The molecule has 0 radical (unpaired) electrons. The van der Waals surface area contributed by atoms with E-state index in [0.29, 0.717) is 22.6 Å². The third kappa shape index (κ3) is 3.91. The number of aromatic nitrogens is 1. The number of rotatable bonds is 5. The highest BCUT2D eigenvalue weighted by Crippen LogP contribution is 2.40. The van der Waals surface area contributed by atoms with Crippen LogP contribution in [0.2, 0.25) is 0 Å². The zero-order valence-corrected chi connectivity index (χ0v) is 19.3. The predicted octanol–water partition coefficient (Wildman–Crippen LogP) is 3.09. The summed E-state index contributed by atoms with van der Waals surface area (Å²) in [6.45, 7) is 5.91. The van der Waals surface area contributed by atoms with Gasteiger partial charge in [0.25, 0.3) is 11.5 Å². The number of benzene rings is 1. The summed E-state index contributed by atoms with van der Waals surface area (Å²) in [5.74, 6) is 0.443. The highest BCUT2D eigenvalue weighted by molar-refractivity contribution is 7.22. The molecule has 170 valence electrons. The first-order valence-corrected chi connectivity index (χ1v) is 12.2. The van der Waals surface area contributed by atoms with E-state index in [9.17, 15) is 9.59 Å². The van der Waals surface area contributed by atoms with Crippen molar-refractivity contribution in [3.05, 3.63) is 39.5 Å². The second kappa shape index (κ2) is 9.21. The van der Waals surface area contributed by atoms with Gasteiger partial charge in [0.2, 0.25) is 0 Å². The Labute approximate surface area is 191 Å². The van der Waals surface area contributed by atoms with Gasteiger partial charge in [0, 0.05) is 45.2 Å². The van der Waals surface area contributed by atoms with Crippen molar-refractivity contribution in [3.63, 3.8) is 0 Å². The van der Waals surface area contributed by atoms with Crippen LogP contribution in [0.4, 0.5) is 0 Å². The molecule has 1 aromatic carbocycles. The van der Waals surface area contributed by atoms with Crippen LogP contribution in [0.25, 0.3) is 21.0 Å². The van der Waals surface area contributed by atoms with Crippen LogP contribution in [0.1, 0.15) is 28.9 Å². The van der Waals surface area contributed by atoms with Crippen LogP contribution in [0.3, 0.4) is 0 Å². The summed E-state index contributed by atoms with van der Waals surface area (Å²) in [5.41, 5.74) is 0.747. The van der Waals surface area contributed by atoms with Crippen molar-refractivity contribution in [2.45, 2.75) is 19.3 Å². The van der Waals surface area contributed by atoms with Gasteiger partial charge >= 0.3 is 0 Å². The molecule has 2 aromatic heterocycles. The van der Waals surface area contributed by atoms with E-state index < -0.39 is 0 Å². The molecule has 2 fully saturated rings. The normalized spacial score (nSPS) is 17.8. The van der Waals surface area contributed by atoms with Gasteiger partial charge in [-0.3, -0.25) is 14.5 Å². The molecule has 2 aliphatic rings. The molecule has 0 unspecified atom stereocenters. The highest BCUT2D eigenvalue weighted by Gasteiger charge is 2.28. The third-order valence-corrected chi connectivity index (χ3v) is 7.68. The van der Waals surface area contributed by atoms with Crippen molar-refractivity contribution >= 4 is 38.2 Å². The van der Waals surface area contributed by atoms with Gasteiger partial charge in [-0.2, -0.15) is 0 Å². The Kier molecular flexibility index (Phi) is 6.17. The molecule has 0 bridgehead atoms. The summed E-state index contributed by atoms with van der Waals surface area (Å²) < 4.78 is 14.2. The Balaban J connectivity index is 1.57. The number of carbonyl (C=O) groups excluding carboxylic acids is 1. The van der Waals surface area contributed by atoms with Gasteiger partial charge in [0.15, 0.2) is 5.75 Å². The third-order valence-electron chi connectivity index (χ3n) is 6.49. The van der Waals surface area contributed by atoms with E-state index in [-0.39, 0.29) is 11.5 Å². The first-order valence-electron chi connectivity index (χ1n) is 11.4. The van der Waals surface area contributed by atoms with E-state index >= 15 is 0 Å². The fraction of sp³-hybridized carbons (Fsp3) is 0.500. The summed E-state index contributed by atoms with van der Waals surface area (Å²) in [6.07, 6.45) is 3.20. The molecule has 5 rings (SSSR count). The molecule has 0 aliphatic carbocycles. The first-order chi connectivity index (χ1) is 15.6. The predicted molar refractivity (Wildman–Crippen MR) is 127 cm³/mol. The lowest BCUT2D eigenvalue weighted by Gasteiger charge is -2.27. The van der Waals surface area contributed by atoms with Gasteiger partial charge in [0.05, 0.1) is 23.4 Å². The summed E-state index contributed by atoms with van der Waals surface area (Å²) in [4.78, 5) is 31.6. The van der Waals surface area contributed by atoms with E-state index in [1.165, 1.54) is 11.3 Å². The van der Waals surface area contributed by atoms with E-state index in [1.54, 1.807) is 11.6 Å². The Morgan fingerprint density at radius 3 is 2.62 bits per heavy atom. The fourth-order valence-electron chi connectivity index (χ4n) is 4.66. The number of ether oxygens (including phenoxy) is 2. The average Bonchev–Trinajstić information content (AvgIpc) is 3.23. The number of amides is 1. The molecule has 7 nitrogen and oxygen atoms in total. The summed E-state index contributed by atoms with van der Waals surface area (Å²) in [6, 6.07) is 7.86. The lowest BCUT2D eigenvalue weighted by Crippen LogP contribution is -2.39. The molecule has 0 spiro atoms. The molecule has 2 saturated heterocycles. The topological polar surface area (TPSA) is 64.0 Å². The molecule has 4 heterocycles. The van der Waals surface area contributed by atoms with E-state index in [4.69, 9.17) is 9.47 Å². The maximum absolute atomic E-state index is 13.5. The van der Waals surface area contributed by atoms with Gasteiger partial charge < -0.3 is 18.9 Å². The fourth-order valence-corrected chi connectivity index (χ4v) is 5.89. The highest BCUT2D eigenvalue weighted by atomic mass is 32.1. The molecule has 8 heteroatoms. The molecule has 3 aromatic rings. The zero-order valence-electron chi connectivity index (χ0n) is 18.5. The maximum Gasteiger partial charge on any atom is 0.267 e. The van der Waals surface area contributed by atoms with Crippen molar-refractivity contribution in [1.29, 1.82) is 0 Å². The van der Waals surface area contributed by atoms with Crippen molar-refractivity contribution in [3.8, 4) is 5.75 Å². The minimum absolute atomic E-state index is 0.0154. The molecule has 0 saturated carbocycles. The first kappa shape index (κ1) is 21.4. The molecule has 0 atom stereocenters. The van der Waals surface area contributed by atoms with Gasteiger partial charge in [0.1, 0.15) is 16.9 Å². The number of morpholine rings is 1. The second-order valence-corrected chi connectivity index (χ2v) is 9.52. The van der Waals surface area contributed by atoms with Crippen molar-refractivity contribution < 1.29 is 14.3 Å². The zero-order chi connectivity index (χ0) is 22.1. The molecular weight excluding hydrogens is 426 g/mol. The number of carbonyl (C=O) groups is 1. The van der Waals surface area contributed by atoms with Crippen molar-refractivity contribution in [2.24, 2.45) is 7.05 Å². The lowest BCUT2D eigenvalue weighted by atomic mass is 10.1. The number of hydrogen-bond donors (Lipinski definition) is 0. The van der Waals surface area contributed by atoms with Crippen LogP contribution >= 0.6 is 11.3 Å². The van der Waals surface area contributed by atoms with Crippen molar-refractivity contribution in [2.75, 3.05) is 52.5 Å². The number of nitrogens with zero attached hydrogens (tertiary/aromatic N) is 3. The van der Waals surface area contributed by atoms with Crippen LogP contribution in [-0.4, -0.2) is 72.8 Å². The SMILES string of the molecule is Cn1c(=O)c2c(OCCN3CCOCC3)c(C(=O)N3CCCCC3)sc2c2ccccc21. The standard InChI is InChI=1S/C24H29N3O4S/c1-25-18-8-4-3-7-17(18)21-19(23(25)28)20(31-16-13-26-11-14-30-15-12-26)22(32-21)24(29)27-9-5-2-6-10-27/h3-4,7-8H,2,5-6,9-16H2,1H3. The second-order valence-electron chi connectivity index (χ2n) is 8.50. The Hall–Kier alpha value is -2.42. The number of piperidine rings is 1. The number of fused-ring (bicyclic) bond motifs is 3. The van der Waals surface area contributed by atoms with Gasteiger partial charge in [-0.1, -0.05) is 18.2 Å². The van der Waals surface area contributed by atoms with Crippen LogP contribution in [0.5, 0.6) is 5.75 Å². The van der Waals surface area contributed by atoms with Crippen LogP contribution in [0.15, 0.2) is 29.1 Å². The number of likely N-dealkylation sites (tertiary alicyclic amines) is 1.